The van der Waals surface area contributed by atoms with Crippen LogP contribution in [0.5, 0.6) is 11.5 Å². The molecule has 3 aromatic carbocycles. The number of carbonyl (C=O) groups is 2. The van der Waals surface area contributed by atoms with Crippen LogP contribution in [0.15, 0.2) is 66.7 Å². The molecule has 38 heavy (non-hydrogen) atoms. The molecule has 0 amide bonds. The quantitative estimate of drug-likeness (QED) is 0.286. The van der Waals surface area contributed by atoms with E-state index in [-0.39, 0.29) is 17.9 Å². The van der Waals surface area contributed by atoms with Crippen LogP contribution in [0.2, 0.25) is 0 Å². The number of hydrogen-bond donors (Lipinski definition) is 2. The summed E-state index contributed by atoms with van der Waals surface area (Å²) in [4.78, 5) is 20.6. The number of halogens is 6. The average Bonchev–Trinajstić information content (AvgIpc) is 2.88. The van der Waals surface area contributed by atoms with E-state index >= 15 is 0 Å². The highest BCUT2D eigenvalue weighted by molar-refractivity contribution is 5.87. The SMILES string of the molecule is COc1ccc(C(=O)O)cc1.COc1cccc(CCN)c1.O=Cc1cc(C(F)(F)F)cc(C(F)(F)F)c1. The van der Waals surface area contributed by atoms with E-state index < -0.39 is 35.0 Å². The van der Waals surface area contributed by atoms with Gasteiger partial charge in [0.25, 0.3) is 0 Å². The third-order valence-electron chi connectivity index (χ3n) is 4.65. The Bertz CT molecular complexity index is 1150. The van der Waals surface area contributed by atoms with E-state index in [2.05, 4.69) is 6.07 Å². The summed E-state index contributed by atoms with van der Waals surface area (Å²) in [5.41, 5.74) is 3.25. The summed E-state index contributed by atoms with van der Waals surface area (Å²) in [5, 5.41) is 8.51. The highest BCUT2D eigenvalue weighted by Crippen LogP contribution is 2.35. The minimum Gasteiger partial charge on any atom is -0.497 e. The lowest BCUT2D eigenvalue weighted by molar-refractivity contribution is -0.143. The van der Waals surface area contributed by atoms with Gasteiger partial charge in [-0.1, -0.05) is 12.1 Å². The van der Waals surface area contributed by atoms with Gasteiger partial charge in [0.2, 0.25) is 0 Å². The maximum atomic E-state index is 12.2. The summed E-state index contributed by atoms with van der Waals surface area (Å²) in [6, 6.07) is 14.9. The molecule has 0 aromatic heterocycles. The molecular formula is C26H25F6NO5. The molecule has 0 bridgehead atoms. The summed E-state index contributed by atoms with van der Waals surface area (Å²) in [6.45, 7) is 0.688. The maximum Gasteiger partial charge on any atom is 0.416 e. The molecule has 3 rings (SSSR count). The van der Waals surface area contributed by atoms with Crippen LogP contribution in [-0.2, 0) is 18.8 Å². The molecule has 0 saturated heterocycles. The summed E-state index contributed by atoms with van der Waals surface area (Å²) in [5.74, 6) is 0.638. The third kappa shape index (κ3) is 10.9. The van der Waals surface area contributed by atoms with Crippen LogP contribution in [0.25, 0.3) is 0 Å². The Hall–Kier alpha value is -4.06. The van der Waals surface area contributed by atoms with Crippen LogP contribution in [0.3, 0.4) is 0 Å². The number of aromatic carboxylic acids is 1. The van der Waals surface area contributed by atoms with Gasteiger partial charge in [-0.2, -0.15) is 26.3 Å². The van der Waals surface area contributed by atoms with Gasteiger partial charge in [-0.05, 0) is 73.1 Å². The molecule has 0 radical (unpaired) electrons. The zero-order valence-corrected chi connectivity index (χ0v) is 20.3. The Morgan fingerprint density at radius 1 is 0.842 bits per heavy atom. The molecule has 0 unspecified atom stereocenters. The van der Waals surface area contributed by atoms with Gasteiger partial charge in [-0.15, -0.1) is 0 Å². The van der Waals surface area contributed by atoms with Gasteiger partial charge in [0, 0.05) is 5.56 Å². The smallest absolute Gasteiger partial charge is 0.416 e. The third-order valence-corrected chi connectivity index (χ3v) is 4.65. The van der Waals surface area contributed by atoms with Gasteiger partial charge in [0.1, 0.15) is 17.8 Å². The molecule has 3 N–H and O–H groups in total. The minimum atomic E-state index is -4.92. The Morgan fingerprint density at radius 3 is 1.76 bits per heavy atom. The molecule has 6 nitrogen and oxygen atoms in total. The molecular weight excluding hydrogens is 520 g/mol. The summed E-state index contributed by atoms with van der Waals surface area (Å²) < 4.78 is 83.1. The molecule has 0 fully saturated rings. The first-order chi connectivity index (χ1) is 17.7. The highest BCUT2D eigenvalue weighted by Gasteiger charge is 2.36. The zero-order chi connectivity index (χ0) is 28.9. The molecule has 206 valence electrons. The molecule has 3 aromatic rings. The second kappa shape index (κ2) is 14.6. The number of rotatable bonds is 6. The first-order valence-electron chi connectivity index (χ1n) is 10.7. The number of hydrogen-bond acceptors (Lipinski definition) is 5. The predicted octanol–water partition coefficient (Wildman–Crippen LogP) is 6.13. The van der Waals surface area contributed by atoms with E-state index in [1.807, 2.05) is 18.2 Å². The van der Waals surface area contributed by atoms with Gasteiger partial charge in [0.05, 0.1) is 30.9 Å². The number of benzene rings is 3. The van der Waals surface area contributed by atoms with Gasteiger partial charge in [-0.25, -0.2) is 4.79 Å². The topological polar surface area (TPSA) is 98.8 Å². The van der Waals surface area contributed by atoms with Gasteiger partial charge in [0.15, 0.2) is 0 Å². The van der Waals surface area contributed by atoms with Gasteiger partial charge >= 0.3 is 18.3 Å². The van der Waals surface area contributed by atoms with Crippen molar-refractivity contribution in [2.45, 2.75) is 18.8 Å². The van der Waals surface area contributed by atoms with Crippen LogP contribution >= 0.6 is 0 Å². The molecule has 12 heteroatoms. The Labute approximate surface area is 214 Å². The van der Waals surface area contributed by atoms with Gasteiger partial charge in [-0.3, -0.25) is 4.79 Å². The number of carboxylic acid groups (broad SMARTS) is 1. The van der Waals surface area contributed by atoms with Crippen molar-refractivity contribution in [3.8, 4) is 11.5 Å². The molecule has 0 heterocycles. The Morgan fingerprint density at radius 2 is 1.37 bits per heavy atom. The average molecular weight is 545 g/mol. The number of carboxylic acids is 1. The van der Waals surface area contributed by atoms with Crippen molar-refractivity contribution < 1.29 is 50.5 Å². The molecule has 0 aliphatic carbocycles. The van der Waals surface area contributed by atoms with Crippen molar-refractivity contribution in [1.29, 1.82) is 0 Å². The predicted molar refractivity (Wildman–Crippen MR) is 128 cm³/mol. The van der Waals surface area contributed by atoms with Gasteiger partial charge < -0.3 is 20.3 Å². The minimum absolute atomic E-state index is 0.0347. The van der Waals surface area contributed by atoms with Crippen LogP contribution in [0.4, 0.5) is 26.3 Å². The lowest BCUT2D eigenvalue weighted by atomic mass is 10.1. The fourth-order valence-corrected chi connectivity index (χ4v) is 2.78. The fourth-order valence-electron chi connectivity index (χ4n) is 2.78. The number of alkyl halides is 6. The van der Waals surface area contributed by atoms with Crippen molar-refractivity contribution in [2.75, 3.05) is 20.8 Å². The van der Waals surface area contributed by atoms with E-state index in [1.165, 1.54) is 24.8 Å². The van der Waals surface area contributed by atoms with Crippen LogP contribution in [-0.4, -0.2) is 38.1 Å². The van der Waals surface area contributed by atoms with Crippen LogP contribution < -0.4 is 15.2 Å². The second-order valence-corrected chi connectivity index (χ2v) is 7.38. The molecule has 0 spiro atoms. The zero-order valence-electron chi connectivity index (χ0n) is 20.3. The first-order valence-corrected chi connectivity index (χ1v) is 10.7. The van der Waals surface area contributed by atoms with Crippen LogP contribution in [0, 0.1) is 0 Å². The normalized spacial score (nSPS) is 10.8. The van der Waals surface area contributed by atoms with E-state index in [0.717, 1.165) is 12.2 Å². The summed E-state index contributed by atoms with van der Waals surface area (Å²) in [6.07, 6.45) is -8.99. The summed E-state index contributed by atoms with van der Waals surface area (Å²) >= 11 is 0. The number of carbonyl (C=O) groups excluding carboxylic acids is 1. The first kappa shape index (κ1) is 32.0. The largest absolute Gasteiger partial charge is 0.497 e. The van der Waals surface area contributed by atoms with E-state index in [1.54, 1.807) is 19.2 Å². The van der Waals surface area contributed by atoms with Crippen molar-refractivity contribution in [1.82, 2.24) is 0 Å². The second-order valence-electron chi connectivity index (χ2n) is 7.38. The Kier molecular flexibility index (Phi) is 12.3. The highest BCUT2D eigenvalue weighted by atomic mass is 19.4. The van der Waals surface area contributed by atoms with E-state index in [0.29, 0.717) is 24.4 Å². The number of nitrogens with two attached hydrogens (primary N) is 1. The van der Waals surface area contributed by atoms with Crippen molar-refractivity contribution >= 4 is 12.3 Å². The number of ether oxygens (including phenoxy) is 2. The van der Waals surface area contributed by atoms with E-state index in [9.17, 15) is 35.9 Å². The lowest BCUT2D eigenvalue weighted by Gasteiger charge is -2.12. The molecule has 0 saturated carbocycles. The van der Waals surface area contributed by atoms with Crippen molar-refractivity contribution in [2.24, 2.45) is 5.73 Å². The Balaban J connectivity index is 0.000000293. The lowest BCUT2D eigenvalue weighted by Crippen LogP contribution is -2.11. The molecule has 0 aliphatic heterocycles. The number of methoxy groups -OCH3 is 2. The maximum absolute atomic E-state index is 12.2. The standard InChI is InChI=1S/C9H4F6O.C9H13NO.C8H8O3/c10-8(11,12)6-1-5(4-16)2-7(3-6)9(13,14)15;1-11-9-4-2-3-8(7-9)5-6-10;1-11-7-4-2-6(3-5-7)8(9)10/h1-4H;2-4,7H,5-6,10H2,1H3;2-5H,1H3,(H,9,10). The van der Waals surface area contributed by atoms with Crippen LogP contribution in [0.1, 0.15) is 37.4 Å². The summed E-state index contributed by atoms with van der Waals surface area (Å²) in [7, 11) is 3.21. The molecule has 0 atom stereocenters. The monoisotopic (exact) mass is 545 g/mol. The number of aldehydes is 1. The fraction of sp³-hybridized carbons (Fsp3) is 0.231. The van der Waals surface area contributed by atoms with Crippen molar-refractivity contribution in [3.05, 3.63) is 94.5 Å². The van der Waals surface area contributed by atoms with Crippen molar-refractivity contribution in [3.63, 3.8) is 0 Å². The van der Waals surface area contributed by atoms with E-state index in [4.69, 9.17) is 20.3 Å². The molecule has 0 aliphatic rings.